The van der Waals surface area contributed by atoms with Gasteiger partial charge in [0.1, 0.15) is 0 Å². The molecule has 0 saturated carbocycles. The van der Waals surface area contributed by atoms with Gasteiger partial charge in [-0.1, -0.05) is 66.7 Å². The van der Waals surface area contributed by atoms with Gasteiger partial charge in [0, 0.05) is 18.2 Å². The zero-order valence-corrected chi connectivity index (χ0v) is 19.9. The third-order valence-electron chi connectivity index (χ3n) is 5.96. The summed E-state index contributed by atoms with van der Waals surface area (Å²) >= 11 is 0. The molecule has 0 aliphatic carbocycles. The van der Waals surface area contributed by atoms with Crippen LogP contribution >= 0.6 is 0 Å². The van der Waals surface area contributed by atoms with Crippen molar-refractivity contribution in [1.29, 1.82) is 0 Å². The normalized spacial score (nSPS) is 10.5. The highest BCUT2D eigenvalue weighted by atomic mass is 16.2. The van der Waals surface area contributed by atoms with Gasteiger partial charge in [0.05, 0.1) is 16.9 Å². The summed E-state index contributed by atoms with van der Waals surface area (Å²) < 4.78 is 0. The Morgan fingerprint density at radius 2 is 1.20 bits per heavy atom. The number of carbonyl (C=O) groups excluding carboxylic acids is 3. The van der Waals surface area contributed by atoms with E-state index in [1.54, 1.807) is 61.6 Å². The van der Waals surface area contributed by atoms with E-state index in [0.717, 1.165) is 16.7 Å². The topological polar surface area (TPSA) is 66.5 Å². The number of carbonyl (C=O) groups is 3. The molecule has 4 aromatic rings. The summed E-state index contributed by atoms with van der Waals surface area (Å²) in [6.07, 6.45) is 0. The van der Waals surface area contributed by atoms with Crippen LogP contribution in [0.4, 0.5) is 11.4 Å². The maximum Gasteiger partial charge on any atom is 0.260 e. The van der Waals surface area contributed by atoms with Gasteiger partial charge in [-0.3, -0.25) is 14.4 Å². The van der Waals surface area contributed by atoms with Gasteiger partial charge in [0.15, 0.2) is 5.78 Å². The predicted molar refractivity (Wildman–Crippen MR) is 140 cm³/mol. The van der Waals surface area contributed by atoms with Crippen molar-refractivity contribution >= 4 is 29.0 Å². The van der Waals surface area contributed by atoms with Gasteiger partial charge in [-0.2, -0.15) is 0 Å². The highest BCUT2D eigenvalue weighted by Gasteiger charge is 2.22. The van der Waals surface area contributed by atoms with Crippen LogP contribution in [0.25, 0.3) is 11.1 Å². The number of hydrogen-bond acceptors (Lipinski definition) is 3. The Labute approximate surface area is 205 Å². The average molecular weight is 463 g/mol. The fourth-order valence-corrected chi connectivity index (χ4v) is 4.11. The Hall–Kier alpha value is -4.51. The fourth-order valence-electron chi connectivity index (χ4n) is 4.11. The molecule has 174 valence electrons. The molecule has 2 amide bonds. The zero-order valence-electron chi connectivity index (χ0n) is 19.9. The molecule has 4 aromatic carbocycles. The highest BCUT2D eigenvalue weighted by molar-refractivity contribution is 6.16. The SMILES string of the molecule is CC(=O)c1ccccc1N(C)C(=O)c1ccccc1NC(=O)c1ccccc1-c1ccccc1C. The minimum Gasteiger partial charge on any atom is -0.321 e. The molecule has 0 radical (unpaired) electrons. The van der Waals surface area contributed by atoms with Crippen molar-refractivity contribution in [2.45, 2.75) is 13.8 Å². The van der Waals surface area contributed by atoms with Crippen LogP contribution < -0.4 is 10.2 Å². The molecule has 1 N–H and O–H groups in total. The van der Waals surface area contributed by atoms with Crippen LogP contribution in [0.3, 0.4) is 0 Å². The monoisotopic (exact) mass is 462 g/mol. The van der Waals surface area contributed by atoms with Crippen LogP contribution in [-0.4, -0.2) is 24.6 Å². The molecule has 35 heavy (non-hydrogen) atoms. The van der Waals surface area contributed by atoms with Gasteiger partial charge in [-0.05, 0) is 60.9 Å². The van der Waals surface area contributed by atoms with Crippen LogP contribution in [0.15, 0.2) is 97.1 Å². The van der Waals surface area contributed by atoms with Crippen molar-refractivity contribution in [3.63, 3.8) is 0 Å². The lowest BCUT2D eigenvalue weighted by molar-refractivity contribution is 0.0993. The maximum absolute atomic E-state index is 13.5. The van der Waals surface area contributed by atoms with Crippen LogP contribution in [-0.2, 0) is 0 Å². The lowest BCUT2D eigenvalue weighted by atomic mass is 9.95. The van der Waals surface area contributed by atoms with Crippen LogP contribution in [0, 0.1) is 6.92 Å². The number of aryl methyl sites for hydroxylation is 1. The number of ketones is 1. The van der Waals surface area contributed by atoms with E-state index in [2.05, 4.69) is 5.32 Å². The molecule has 0 saturated heterocycles. The number of amides is 2. The number of para-hydroxylation sites is 2. The van der Waals surface area contributed by atoms with Crippen molar-refractivity contribution in [1.82, 2.24) is 0 Å². The first-order valence-electron chi connectivity index (χ1n) is 11.3. The summed E-state index contributed by atoms with van der Waals surface area (Å²) in [6, 6.07) is 29.2. The Morgan fingerprint density at radius 1 is 0.657 bits per heavy atom. The van der Waals surface area contributed by atoms with E-state index in [0.29, 0.717) is 28.1 Å². The van der Waals surface area contributed by atoms with E-state index >= 15 is 0 Å². The Morgan fingerprint density at radius 3 is 1.89 bits per heavy atom. The van der Waals surface area contributed by atoms with E-state index in [1.807, 2.05) is 49.4 Å². The summed E-state index contributed by atoms with van der Waals surface area (Å²) in [5.74, 6) is -0.771. The lowest BCUT2D eigenvalue weighted by Gasteiger charge is -2.21. The number of Topliss-reactive ketones (excluding diaryl/α,β-unsaturated/α-hetero) is 1. The zero-order chi connectivity index (χ0) is 24.9. The van der Waals surface area contributed by atoms with E-state index in [-0.39, 0.29) is 17.6 Å². The van der Waals surface area contributed by atoms with Gasteiger partial charge in [-0.25, -0.2) is 0 Å². The van der Waals surface area contributed by atoms with E-state index in [9.17, 15) is 14.4 Å². The number of anilines is 2. The first kappa shape index (κ1) is 23.6. The summed E-state index contributed by atoms with van der Waals surface area (Å²) in [6.45, 7) is 3.48. The maximum atomic E-state index is 13.5. The van der Waals surface area contributed by atoms with E-state index in [1.165, 1.54) is 11.8 Å². The van der Waals surface area contributed by atoms with E-state index in [4.69, 9.17) is 0 Å². The van der Waals surface area contributed by atoms with Gasteiger partial charge in [-0.15, -0.1) is 0 Å². The number of rotatable bonds is 6. The number of benzene rings is 4. The largest absolute Gasteiger partial charge is 0.321 e. The van der Waals surface area contributed by atoms with Crippen molar-refractivity contribution in [3.05, 3.63) is 119 Å². The Balaban J connectivity index is 1.67. The number of hydrogen-bond donors (Lipinski definition) is 1. The third kappa shape index (κ3) is 4.89. The van der Waals surface area contributed by atoms with E-state index < -0.39 is 0 Å². The molecule has 0 atom stereocenters. The minimum absolute atomic E-state index is 0.130. The first-order valence-corrected chi connectivity index (χ1v) is 11.3. The van der Waals surface area contributed by atoms with Crippen molar-refractivity contribution in [3.8, 4) is 11.1 Å². The first-order chi connectivity index (χ1) is 16.9. The van der Waals surface area contributed by atoms with Crippen LogP contribution in [0.5, 0.6) is 0 Å². The summed E-state index contributed by atoms with van der Waals surface area (Å²) in [5, 5.41) is 2.93. The number of nitrogens with zero attached hydrogens (tertiary/aromatic N) is 1. The molecule has 5 nitrogen and oxygen atoms in total. The van der Waals surface area contributed by atoms with Gasteiger partial charge in [0.2, 0.25) is 0 Å². The average Bonchev–Trinajstić information content (AvgIpc) is 2.88. The minimum atomic E-state index is -0.332. The molecule has 0 aliphatic rings. The van der Waals surface area contributed by atoms with Gasteiger partial charge >= 0.3 is 0 Å². The molecule has 0 unspecified atom stereocenters. The molecule has 0 heterocycles. The van der Waals surface area contributed by atoms with Crippen LogP contribution in [0.2, 0.25) is 0 Å². The fraction of sp³-hybridized carbons (Fsp3) is 0.100. The molecule has 5 heteroatoms. The second kappa shape index (κ2) is 10.2. The van der Waals surface area contributed by atoms with Crippen molar-refractivity contribution in [2.24, 2.45) is 0 Å². The summed E-state index contributed by atoms with van der Waals surface area (Å²) in [4.78, 5) is 40.4. The number of nitrogens with one attached hydrogen (secondary N) is 1. The quantitative estimate of drug-likeness (QED) is 0.338. The lowest BCUT2D eigenvalue weighted by Crippen LogP contribution is -2.29. The van der Waals surface area contributed by atoms with Crippen LogP contribution in [0.1, 0.15) is 43.6 Å². The third-order valence-corrected chi connectivity index (χ3v) is 5.96. The van der Waals surface area contributed by atoms with Crippen molar-refractivity contribution < 1.29 is 14.4 Å². The van der Waals surface area contributed by atoms with Gasteiger partial charge in [0.25, 0.3) is 11.8 Å². The van der Waals surface area contributed by atoms with Crippen molar-refractivity contribution in [2.75, 3.05) is 17.3 Å². The molecular weight excluding hydrogens is 436 g/mol. The smallest absolute Gasteiger partial charge is 0.260 e. The Kier molecular flexibility index (Phi) is 6.88. The summed E-state index contributed by atoms with van der Waals surface area (Å²) in [5.41, 5.74) is 5.06. The second-order valence-corrected chi connectivity index (χ2v) is 8.30. The molecular formula is C30H26N2O3. The van der Waals surface area contributed by atoms with Gasteiger partial charge < -0.3 is 10.2 Å². The molecule has 4 rings (SSSR count). The molecule has 0 bridgehead atoms. The molecule has 0 aliphatic heterocycles. The Bertz CT molecular complexity index is 1420. The highest BCUT2D eigenvalue weighted by Crippen LogP contribution is 2.29. The second-order valence-electron chi connectivity index (χ2n) is 8.30. The molecule has 0 spiro atoms. The molecule has 0 fully saturated rings. The molecule has 0 aromatic heterocycles. The summed E-state index contributed by atoms with van der Waals surface area (Å²) in [7, 11) is 1.62. The standard InChI is InChI=1S/C30H26N2O3/c1-20-12-4-5-13-22(20)24-15-6-7-16-25(24)29(34)31-27-18-10-8-17-26(27)30(35)32(3)28-19-11-9-14-23(28)21(2)33/h4-19H,1-3H3,(H,31,34). The predicted octanol–water partition coefficient (Wildman–Crippen LogP) is 6.39.